The minimum Gasteiger partial charge on any atom is -0.461 e. The molecule has 5 nitrogen and oxygen atoms in total. The van der Waals surface area contributed by atoms with E-state index < -0.39 is 5.97 Å². The summed E-state index contributed by atoms with van der Waals surface area (Å²) in [5.41, 5.74) is 8.51. The Balaban J connectivity index is 1.99. The van der Waals surface area contributed by atoms with E-state index in [2.05, 4.69) is 0 Å². The molecule has 0 aliphatic heterocycles. The summed E-state index contributed by atoms with van der Waals surface area (Å²) in [6.45, 7) is 2.04. The van der Waals surface area contributed by atoms with Gasteiger partial charge in [0.05, 0.1) is 27.4 Å². The molecule has 4 aromatic rings. The van der Waals surface area contributed by atoms with Gasteiger partial charge in [0.2, 0.25) is 5.78 Å². The minimum atomic E-state index is -0.427. The molecule has 0 fully saturated rings. The number of fused-ring (bicyclic) bond motifs is 3. The number of rotatable bonds is 4. The molecule has 1 aromatic carbocycles. The first-order valence-corrected chi connectivity index (χ1v) is 9.03. The highest BCUT2D eigenvalue weighted by molar-refractivity contribution is 7.22. The van der Waals surface area contributed by atoms with E-state index in [-0.39, 0.29) is 12.4 Å². The summed E-state index contributed by atoms with van der Waals surface area (Å²) in [4.78, 5) is 25.9. The smallest absolute Gasteiger partial charge is 0.356 e. The predicted molar refractivity (Wildman–Crippen MR) is 103 cm³/mol. The normalized spacial score (nSPS) is 11.1. The molecule has 0 amide bonds. The molecule has 6 heteroatoms. The third-order valence-corrected chi connectivity index (χ3v) is 5.44. The van der Waals surface area contributed by atoms with Crippen molar-refractivity contribution in [3.05, 3.63) is 70.9 Å². The van der Waals surface area contributed by atoms with Gasteiger partial charge in [0.1, 0.15) is 5.69 Å². The molecule has 3 heterocycles. The number of thiophene rings is 1. The number of ketones is 1. The third kappa shape index (κ3) is 2.38. The number of pyridine rings is 1. The molecule has 0 spiro atoms. The van der Waals surface area contributed by atoms with E-state index in [9.17, 15) is 9.59 Å². The Morgan fingerprint density at radius 1 is 1.12 bits per heavy atom. The van der Waals surface area contributed by atoms with Gasteiger partial charge in [-0.1, -0.05) is 36.4 Å². The van der Waals surface area contributed by atoms with Gasteiger partial charge in [-0.15, -0.1) is 11.3 Å². The topological polar surface area (TPSA) is 73.8 Å². The lowest BCUT2D eigenvalue weighted by atomic mass is 10.1. The number of nitrogens with two attached hydrogens (primary N) is 1. The van der Waals surface area contributed by atoms with Gasteiger partial charge in [-0.2, -0.15) is 0 Å². The highest BCUT2D eigenvalue weighted by atomic mass is 32.1. The molecule has 0 saturated heterocycles. The summed E-state index contributed by atoms with van der Waals surface area (Å²) in [5, 5.41) is 0.720. The maximum absolute atomic E-state index is 12.9. The molecular weight excluding hydrogens is 348 g/mol. The van der Waals surface area contributed by atoms with Gasteiger partial charge in [-0.05, 0) is 19.1 Å². The Bertz CT molecular complexity index is 1140. The zero-order valence-electron chi connectivity index (χ0n) is 14.1. The lowest BCUT2D eigenvalue weighted by molar-refractivity contribution is 0.0521. The number of nitrogen functional groups attached to an aromatic ring is 1. The van der Waals surface area contributed by atoms with E-state index in [0.29, 0.717) is 26.5 Å². The van der Waals surface area contributed by atoms with Crippen molar-refractivity contribution < 1.29 is 14.3 Å². The van der Waals surface area contributed by atoms with Crippen LogP contribution in [0.3, 0.4) is 0 Å². The van der Waals surface area contributed by atoms with Crippen LogP contribution < -0.4 is 5.73 Å². The second kappa shape index (κ2) is 6.31. The fourth-order valence-electron chi connectivity index (χ4n) is 3.10. The molecule has 0 bridgehead atoms. The number of carbonyl (C=O) groups excluding carboxylic acids is 2. The van der Waals surface area contributed by atoms with Crippen molar-refractivity contribution in [2.24, 2.45) is 0 Å². The van der Waals surface area contributed by atoms with Crippen molar-refractivity contribution in [1.82, 2.24) is 4.40 Å². The third-order valence-electron chi connectivity index (χ3n) is 4.23. The van der Waals surface area contributed by atoms with Gasteiger partial charge in [0, 0.05) is 17.1 Å². The Morgan fingerprint density at radius 2 is 1.85 bits per heavy atom. The van der Waals surface area contributed by atoms with E-state index in [1.54, 1.807) is 29.7 Å². The number of benzene rings is 1. The maximum Gasteiger partial charge on any atom is 0.356 e. The zero-order valence-corrected chi connectivity index (χ0v) is 14.9. The molecule has 2 N–H and O–H groups in total. The molecule has 130 valence electrons. The first-order valence-electron chi connectivity index (χ1n) is 8.21. The summed E-state index contributed by atoms with van der Waals surface area (Å²) in [6.07, 6.45) is 1.80. The number of anilines is 1. The maximum atomic E-state index is 12.9. The van der Waals surface area contributed by atoms with Gasteiger partial charge in [-0.25, -0.2) is 4.79 Å². The predicted octanol–water partition coefficient (Wildman–Crippen LogP) is 4.14. The first kappa shape index (κ1) is 16.4. The number of hydrogen-bond donors (Lipinski definition) is 1. The number of nitrogens with zero attached hydrogens (tertiary/aromatic N) is 1. The summed E-state index contributed by atoms with van der Waals surface area (Å²) in [5.74, 6) is -0.572. The van der Waals surface area contributed by atoms with Gasteiger partial charge < -0.3 is 14.9 Å². The first-order chi connectivity index (χ1) is 12.6. The average Bonchev–Trinajstić information content (AvgIpc) is 3.16. The van der Waals surface area contributed by atoms with E-state index in [4.69, 9.17) is 10.5 Å². The molecular formula is C20H16N2O3S. The molecule has 3 aromatic heterocycles. The van der Waals surface area contributed by atoms with Gasteiger partial charge >= 0.3 is 5.97 Å². The Kier molecular flexibility index (Phi) is 3.97. The second-order valence-electron chi connectivity index (χ2n) is 5.77. The summed E-state index contributed by atoms with van der Waals surface area (Å²) in [6, 6.07) is 14.6. The number of carbonyl (C=O) groups is 2. The Hall–Kier alpha value is -3.12. The van der Waals surface area contributed by atoms with Crippen molar-refractivity contribution >= 4 is 44.4 Å². The fraction of sp³-hybridized carbons (Fsp3) is 0.100. The average molecular weight is 364 g/mol. The molecule has 0 aliphatic carbocycles. The zero-order chi connectivity index (χ0) is 18.3. The Labute approximate surface area is 153 Å². The standard InChI is InChI=1S/C20H16N2O3S/c1-2-25-20(24)16-18-14(13-10-6-7-11-22(13)16)15(21)19(26-18)17(23)12-8-4-3-5-9-12/h3-11H,2,21H2,1H3. The molecule has 4 rings (SSSR count). The van der Waals surface area contributed by atoms with Crippen LogP contribution >= 0.6 is 11.3 Å². The van der Waals surface area contributed by atoms with Crippen molar-refractivity contribution in [2.45, 2.75) is 6.92 Å². The van der Waals surface area contributed by atoms with E-state index >= 15 is 0 Å². The summed E-state index contributed by atoms with van der Waals surface area (Å²) < 4.78 is 7.66. The van der Waals surface area contributed by atoms with Gasteiger partial charge in [0.25, 0.3) is 0 Å². The van der Waals surface area contributed by atoms with Crippen molar-refractivity contribution in [3.8, 4) is 0 Å². The van der Waals surface area contributed by atoms with E-state index in [1.807, 2.05) is 36.4 Å². The van der Waals surface area contributed by atoms with Crippen LogP contribution in [0.4, 0.5) is 5.69 Å². The quantitative estimate of drug-likeness (QED) is 0.436. The number of aromatic nitrogens is 1. The molecule has 26 heavy (non-hydrogen) atoms. The highest BCUT2D eigenvalue weighted by Gasteiger charge is 2.27. The van der Waals surface area contributed by atoms with Crippen LogP contribution in [0.1, 0.15) is 32.6 Å². The SMILES string of the molecule is CCOC(=O)c1c2sc(C(=O)c3ccccc3)c(N)c2c2ccccn12. The van der Waals surface area contributed by atoms with Crippen molar-refractivity contribution in [2.75, 3.05) is 12.3 Å². The number of hydrogen-bond acceptors (Lipinski definition) is 5. The van der Waals surface area contributed by atoms with Crippen LogP contribution in [0.15, 0.2) is 54.7 Å². The summed E-state index contributed by atoms with van der Waals surface area (Å²) in [7, 11) is 0. The van der Waals surface area contributed by atoms with E-state index in [1.165, 1.54) is 11.3 Å². The largest absolute Gasteiger partial charge is 0.461 e. The molecule has 0 aliphatic rings. The van der Waals surface area contributed by atoms with Crippen molar-refractivity contribution in [3.63, 3.8) is 0 Å². The number of ether oxygens (including phenoxy) is 1. The lowest BCUT2D eigenvalue weighted by Crippen LogP contribution is -2.08. The minimum absolute atomic E-state index is 0.145. The van der Waals surface area contributed by atoms with Crippen LogP contribution in [0, 0.1) is 0 Å². The van der Waals surface area contributed by atoms with Gasteiger partial charge in [-0.3, -0.25) is 4.79 Å². The van der Waals surface area contributed by atoms with Gasteiger partial charge in [0.15, 0.2) is 0 Å². The van der Waals surface area contributed by atoms with E-state index in [0.717, 1.165) is 10.9 Å². The number of esters is 1. The van der Waals surface area contributed by atoms with Crippen molar-refractivity contribution in [1.29, 1.82) is 0 Å². The lowest BCUT2D eigenvalue weighted by Gasteiger charge is -2.04. The monoisotopic (exact) mass is 364 g/mol. The Morgan fingerprint density at radius 3 is 2.58 bits per heavy atom. The van der Waals surface area contributed by atoms with Crippen LogP contribution in [-0.4, -0.2) is 22.8 Å². The molecule has 0 atom stereocenters. The summed E-state index contributed by atoms with van der Waals surface area (Å²) >= 11 is 1.24. The second-order valence-corrected chi connectivity index (χ2v) is 6.79. The highest BCUT2D eigenvalue weighted by Crippen LogP contribution is 2.41. The molecule has 0 radical (unpaired) electrons. The van der Waals surface area contributed by atoms with Crippen LogP contribution in [0.5, 0.6) is 0 Å². The van der Waals surface area contributed by atoms with Crippen LogP contribution in [-0.2, 0) is 4.74 Å². The van der Waals surface area contributed by atoms with Crippen LogP contribution in [0.2, 0.25) is 0 Å². The van der Waals surface area contributed by atoms with Crippen LogP contribution in [0.25, 0.3) is 15.6 Å². The molecule has 0 unspecified atom stereocenters. The molecule has 0 saturated carbocycles. The fourth-order valence-corrected chi connectivity index (χ4v) is 4.32.